The van der Waals surface area contributed by atoms with Crippen molar-refractivity contribution in [3.63, 3.8) is 0 Å². The average molecular weight is 340 g/mol. The molecule has 0 radical (unpaired) electrons. The van der Waals surface area contributed by atoms with Crippen LogP contribution in [0.25, 0.3) is 0 Å². The van der Waals surface area contributed by atoms with Gasteiger partial charge >= 0.3 is 0 Å². The molecule has 5 aliphatic rings. The number of fused-ring (bicyclic) bond motifs is 1. The highest BCUT2D eigenvalue weighted by Gasteiger charge is 2.54. The Bertz CT molecular complexity index is 722. The Labute approximate surface area is 147 Å². The van der Waals surface area contributed by atoms with Crippen LogP contribution in [0.2, 0.25) is 0 Å². The molecule has 0 spiro atoms. The van der Waals surface area contributed by atoms with Gasteiger partial charge in [0, 0.05) is 5.69 Å². The first-order valence-corrected chi connectivity index (χ1v) is 9.44. The fraction of sp³-hybridized carbons (Fsp3) is 0.600. The minimum absolute atomic E-state index is 0.155. The lowest BCUT2D eigenvalue weighted by atomic mass is 9.49. The van der Waals surface area contributed by atoms with Gasteiger partial charge in [0.1, 0.15) is 5.75 Å². The molecule has 1 unspecified atom stereocenters. The predicted octanol–water partition coefficient (Wildman–Crippen LogP) is 3.56. The maximum Gasteiger partial charge on any atom is 0.265 e. The maximum atomic E-state index is 13.1. The molecule has 2 amide bonds. The van der Waals surface area contributed by atoms with E-state index in [1.165, 1.54) is 19.3 Å². The van der Waals surface area contributed by atoms with E-state index >= 15 is 0 Å². The normalized spacial score (nSPS) is 37.9. The standard InChI is InChI=1S/C20H24N2O3/c1-11-18(23)22-16-7-15(2-3-17(16)25-11)21-19(24)20-8-12-4-13(9-20)6-14(5-12)10-20/h2-3,7,11-14H,4-6,8-10H2,1H3,(H,21,24)(H,22,23). The number of ether oxygens (including phenoxy) is 1. The van der Waals surface area contributed by atoms with Crippen molar-refractivity contribution < 1.29 is 14.3 Å². The van der Waals surface area contributed by atoms with Crippen LogP contribution >= 0.6 is 0 Å². The van der Waals surface area contributed by atoms with Gasteiger partial charge in [0.2, 0.25) is 5.91 Å². The van der Waals surface area contributed by atoms with E-state index in [0.29, 0.717) is 11.4 Å². The fourth-order valence-corrected chi connectivity index (χ4v) is 5.94. The third-order valence-corrected chi connectivity index (χ3v) is 6.69. The Morgan fingerprint density at radius 2 is 1.80 bits per heavy atom. The van der Waals surface area contributed by atoms with Gasteiger partial charge in [0.15, 0.2) is 6.10 Å². The highest BCUT2D eigenvalue weighted by molar-refractivity contribution is 6.00. The summed E-state index contributed by atoms with van der Waals surface area (Å²) < 4.78 is 5.58. The van der Waals surface area contributed by atoms with E-state index in [2.05, 4.69) is 10.6 Å². The van der Waals surface area contributed by atoms with Crippen molar-refractivity contribution in [2.24, 2.45) is 23.2 Å². The summed E-state index contributed by atoms with van der Waals surface area (Å²) in [5.74, 6) is 2.90. The molecule has 0 aromatic heterocycles. The lowest BCUT2D eigenvalue weighted by Gasteiger charge is -2.55. The molecule has 1 atom stereocenters. The first-order chi connectivity index (χ1) is 12.0. The molecule has 6 rings (SSSR count). The molecule has 4 saturated carbocycles. The molecule has 5 nitrogen and oxygen atoms in total. The van der Waals surface area contributed by atoms with E-state index in [0.717, 1.165) is 42.7 Å². The summed E-state index contributed by atoms with van der Waals surface area (Å²) in [5, 5.41) is 5.97. The SMILES string of the molecule is CC1Oc2ccc(NC(=O)C34CC5CC(CC(C5)C3)C4)cc2NC1=O. The van der Waals surface area contributed by atoms with E-state index in [9.17, 15) is 9.59 Å². The van der Waals surface area contributed by atoms with Crippen molar-refractivity contribution in [3.8, 4) is 5.75 Å². The number of amides is 2. The Kier molecular flexibility index (Phi) is 3.19. The lowest BCUT2D eigenvalue weighted by molar-refractivity contribution is -0.140. The first kappa shape index (κ1) is 15.2. The molecule has 4 aliphatic carbocycles. The summed E-state index contributed by atoms with van der Waals surface area (Å²) in [7, 11) is 0. The highest BCUT2D eigenvalue weighted by Crippen LogP contribution is 2.60. The molecule has 1 aromatic rings. The molecule has 25 heavy (non-hydrogen) atoms. The maximum absolute atomic E-state index is 13.1. The van der Waals surface area contributed by atoms with Crippen LogP contribution < -0.4 is 15.4 Å². The van der Waals surface area contributed by atoms with Crippen LogP contribution in [0.1, 0.15) is 45.4 Å². The molecule has 4 fully saturated rings. The summed E-state index contributed by atoms with van der Waals surface area (Å²) >= 11 is 0. The predicted molar refractivity (Wildman–Crippen MR) is 94.4 cm³/mol. The molecular weight excluding hydrogens is 316 g/mol. The minimum Gasteiger partial charge on any atom is -0.479 e. The average Bonchev–Trinajstić information content (AvgIpc) is 2.55. The van der Waals surface area contributed by atoms with Crippen molar-refractivity contribution >= 4 is 23.2 Å². The molecular formula is C20H24N2O3. The van der Waals surface area contributed by atoms with Crippen LogP contribution in [-0.4, -0.2) is 17.9 Å². The van der Waals surface area contributed by atoms with Gasteiger partial charge in [-0.1, -0.05) is 0 Å². The number of hydrogen-bond acceptors (Lipinski definition) is 3. The summed E-state index contributed by atoms with van der Waals surface area (Å²) in [5.41, 5.74) is 1.20. The van der Waals surface area contributed by atoms with E-state index in [1.807, 2.05) is 12.1 Å². The number of nitrogens with one attached hydrogen (secondary N) is 2. The second-order valence-corrected chi connectivity index (χ2v) is 8.61. The smallest absolute Gasteiger partial charge is 0.265 e. The molecule has 132 valence electrons. The fourth-order valence-electron chi connectivity index (χ4n) is 5.94. The van der Waals surface area contributed by atoms with Crippen molar-refractivity contribution in [2.45, 2.75) is 51.6 Å². The van der Waals surface area contributed by atoms with Crippen LogP contribution in [0.4, 0.5) is 11.4 Å². The number of rotatable bonds is 2. The summed E-state index contributed by atoms with van der Waals surface area (Å²) in [6.07, 6.45) is 6.64. The zero-order valence-corrected chi connectivity index (χ0v) is 14.5. The number of carbonyl (C=O) groups excluding carboxylic acids is 2. The van der Waals surface area contributed by atoms with E-state index < -0.39 is 6.10 Å². The lowest BCUT2D eigenvalue weighted by Crippen LogP contribution is -2.51. The number of anilines is 2. The monoisotopic (exact) mass is 340 g/mol. The summed E-state index contributed by atoms with van der Waals surface area (Å²) in [6, 6.07) is 5.49. The van der Waals surface area contributed by atoms with Gasteiger partial charge in [0.25, 0.3) is 5.91 Å². The van der Waals surface area contributed by atoms with Crippen molar-refractivity contribution in [3.05, 3.63) is 18.2 Å². The highest BCUT2D eigenvalue weighted by atomic mass is 16.5. The van der Waals surface area contributed by atoms with Crippen molar-refractivity contribution in [1.82, 2.24) is 0 Å². The zero-order valence-electron chi connectivity index (χ0n) is 14.5. The van der Waals surface area contributed by atoms with Gasteiger partial charge in [-0.05, 0) is 81.4 Å². The van der Waals surface area contributed by atoms with E-state index in [1.54, 1.807) is 13.0 Å². The van der Waals surface area contributed by atoms with Gasteiger partial charge < -0.3 is 15.4 Å². The van der Waals surface area contributed by atoms with Gasteiger partial charge in [-0.15, -0.1) is 0 Å². The molecule has 0 saturated heterocycles. The van der Waals surface area contributed by atoms with Gasteiger partial charge in [0.05, 0.1) is 11.1 Å². The second-order valence-electron chi connectivity index (χ2n) is 8.61. The summed E-state index contributed by atoms with van der Waals surface area (Å²) in [6.45, 7) is 1.72. The largest absolute Gasteiger partial charge is 0.479 e. The number of hydrogen-bond donors (Lipinski definition) is 2. The van der Waals surface area contributed by atoms with Crippen LogP contribution in [0.3, 0.4) is 0 Å². The molecule has 4 bridgehead atoms. The minimum atomic E-state index is -0.486. The quantitative estimate of drug-likeness (QED) is 0.865. The molecule has 1 heterocycles. The van der Waals surface area contributed by atoms with Crippen molar-refractivity contribution in [1.29, 1.82) is 0 Å². The Hall–Kier alpha value is -2.04. The van der Waals surface area contributed by atoms with Crippen LogP contribution in [-0.2, 0) is 9.59 Å². The third kappa shape index (κ3) is 2.43. The van der Waals surface area contributed by atoms with Gasteiger partial charge in [-0.2, -0.15) is 0 Å². The van der Waals surface area contributed by atoms with Crippen LogP contribution in [0.15, 0.2) is 18.2 Å². The number of carbonyl (C=O) groups is 2. The third-order valence-electron chi connectivity index (χ3n) is 6.69. The number of benzene rings is 1. The van der Waals surface area contributed by atoms with Gasteiger partial charge in [-0.3, -0.25) is 9.59 Å². The van der Waals surface area contributed by atoms with Gasteiger partial charge in [-0.25, -0.2) is 0 Å². The molecule has 2 N–H and O–H groups in total. The Balaban J connectivity index is 1.37. The molecule has 5 heteroatoms. The van der Waals surface area contributed by atoms with Crippen LogP contribution in [0, 0.1) is 23.2 Å². The first-order valence-electron chi connectivity index (χ1n) is 9.44. The van der Waals surface area contributed by atoms with Crippen LogP contribution in [0.5, 0.6) is 5.75 Å². The summed E-state index contributed by atoms with van der Waals surface area (Å²) in [4.78, 5) is 24.9. The zero-order chi connectivity index (χ0) is 17.2. The van der Waals surface area contributed by atoms with E-state index in [4.69, 9.17) is 4.74 Å². The topological polar surface area (TPSA) is 67.4 Å². The Morgan fingerprint density at radius 1 is 1.16 bits per heavy atom. The Morgan fingerprint density at radius 3 is 2.44 bits per heavy atom. The molecule has 1 aromatic carbocycles. The second kappa shape index (κ2) is 5.23. The molecule has 1 aliphatic heterocycles. The van der Waals surface area contributed by atoms with Crippen molar-refractivity contribution in [2.75, 3.05) is 10.6 Å². The van der Waals surface area contributed by atoms with E-state index in [-0.39, 0.29) is 17.2 Å².